The van der Waals surface area contributed by atoms with E-state index in [-0.39, 0.29) is 11.4 Å². The summed E-state index contributed by atoms with van der Waals surface area (Å²) in [6.45, 7) is 6.18. The number of rotatable bonds is 5. The molecule has 0 radical (unpaired) electrons. The molecule has 0 saturated heterocycles. The maximum absolute atomic E-state index is 12.3. The predicted molar refractivity (Wildman–Crippen MR) is 122 cm³/mol. The van der Waals surface area contributed by atoms with E-state index in [1.54, 1.807) is 37.2 Å². The molecule has 0 unspecified atom stereocenters. The Hall–Kier alpha value is -4.07. The minimum Gasteiger partial charge on any atom is -0.364 e. The Morgan fingerprint density at radius 1 is 1.10 bits per heavy atom. The first-order valence-electron chi connectivity index (χ1n) is 9.84. The lowest BCUT2D eigenvalue weighted by Crippen LogP contribution is -2.26. The van der Waals surface area contributed by atoms with Gasteiger partial charge >= 0.3 is 0 Å². The number of hydrogen-bond donors (Lipinski definition) is 2. The van der Waals surface area contributed by atoms with E-state index in [0.717, 1.165) is 16.6 Å². The molecule has 8 nitrogen and oxygen atoms in total. The van der Waals surface area contributed by atoms with Crippen molar-refractivity contribution >= 4 is 34.5 Å². The third-order valence-corrected chi connectivity index (χ3v) is 4.30. The zero-order valence-corrected chi connectivity index (χ0v) is 17.6. The van der Waals surface area contributed by atoms with Gasteiger partial charge in [0.25, 0.3) is 0 Å². The van der Waals surface area contributed by atoms with E-state index < -0.39 is 0 Å². The minimum atomic E-state index is -0.231. The highest BCUT2D eigenvalue weighted by Gasteiger charge is 2.13. The second kappa shape index (κ2) is 8.35. The molecule has 0 fully saturated rings. The number of carbonyl (C=O) groups excluding carboxylic acids is 1. The zero-order valence-electron chi connectivity index (χ0n) is 17.6. The number of anilines is 2. The van der Waals surface area contributed by atoms with E-state index in [9.17, 15) is 4.79 Å². The first-order valence-corrected chi connectivity index (χ1v) is 9.84. The Bertz CT molecular complexity index is 1240. The first-order chi connectivity index (χ1) is 14.9. The molecule has 3 heterocycles. The van der Waals surface area contributed by atoms with Crippen LogP contribution in [0.4, 0.5) is 11.5 Å². The summed E-state index contributed by atoms with van der Waals surface area (Å²) < 4.78 is 1.84. The van der Waals surface area contributed by atoms with E-state index >= 15 is 0 Å². The standard InChI is InChI=1S/C23H23N7O/c1-23(2,3)29-20-13-25-14-21(28-20)30-15-26-18-8-7-17(11-19(18)30)27-22(31)9-6-16-5-4-10-24-12-16/h4-15H,1-3H3,(H,27,31)(H,28,29)/b9-6-. The fourth-order valence-corrected chi connectivity index (χ4v) is 3.01. The summed E-state index contributed by atoms with van der Waals surface area (Å²) in [5, 5.41) is 6.20. The molecule has 0 spiro atoms. The largest absolute Gasteiger partial charge is 0.364 e. The van der Waals surface area contributed by atoms with Crippen molar-refractivity contribution in [1.29, 1.82) is 0 Å². The van der Waals surface area contributed by atoms with Gasteiger partial charge in [-0.1, -0.05) is 6.07 Å². The predicted octanol–water partition coefficient (Wildman–Crippen LogP) is 4.07. The molecule has 31 heavy (non-hydrogen) atoms. The number of nitrogens with zero attached hydrogens (tertiary/aromatic N) is 5. The number of pyridine rings is 1. The summed E-state index contributed by atoms with van der Waals surface area (Å²) in [5.41, 5.74) is 2.99. The molecule has 156 valence electrons. The fraction of sp³-hybridized carbons (Fsp3) is 0.174. The Morgan fingerprint density at radius 2 is 1.97 bits per heavy atom. The molecule has 4 rings (SSSR count). The molecule has 1 aromatic carbocycles. The highest BCUT2D eigenvalue weighted by Crippen LogP contribution is 2.22. The van der Waals surface area contributed by atoms with Crippen LogP contribution >= 0.6 is 0 Å². The Balaban J connectivity index is 1.57. The van der Waals surface area contributed by atoms with Crippen molar-refractivity contribution in [2.75, 3.05) is 10.6 Å². The van der Waals surface area contributed by atoms with Crippen molar-refractivity contribution in [2.24, 2.45) is 0 Å². The quantitative estimate of drug-likeness (QED) is 0.479. The maximum Gasteiger partial charge on any atom is 0.248 e. The van der Waals surface area contributed by atoms with E-state index in [4.69, 9.17) is 0 Å². The second-order valence-electron chi connectivity index (χ2n) is 8.06. The Kier molecular flexibility index (Phi) is 5.44. The lowest BCUT2D eigenvalue weighted by molar-refractivity contribution is -0.111. The molecule has 2 N–H and O–H groups in total. The minimum absolute atomic E-state index is 0.134. The molecule has 0 aliphatic heterocycles. The number of hydrogen-bond acceptors (Lipinski definition) is 6. The van der Waals surface area contributed by atoms with Gasteiger partial charge in [0.05, 0.1) is 23.4 Å². The maximum atomic E-state index is 12.3. The number of aromatic nitrogens is 5. The van der Waals surface area contributed by atoms with Crippen LogP contribution in [-0.4, -0.2) is 35.9 Å². The van der Waals surface area contributed by atoms with Gasteiger partial charge in [0.15, 0.2) is 5.82 Å². The third kappa shape index (κ3) is 5.11. The lowest BCUT2D eigenvalue weighted by atomic mass is 10.1. The van der Waals surface area contributed by atoms with Gasteiger partial charge in [-0.05, 0) is 56.7 Å². The van der Waals surface area contributed by atoms with E-state index in [1.807, 2.05) is 34.9 Å². The smallest absolute Gasteiger partial charge is 0.248 e. The van der Waals surface area contributed by atoms with Crippen molar-refractivity contribution < 1.29 is 4.79 Å². The summed E-state index contributed by atoms with van der Waals surface area (Å²) in [4.78, 5) is 29.7. The summed E-state index contributed by atoms with van der Waals surface area (Å²) in [6.07, 6.45) is 11.6. The molecule has 0 bridgehead atoms. The van der Waals surface area contributed by atoms with Gasteiger partial charge < -0.3 is 10.6 Å². The first kappa shape index (κ1) is 20.2. The lowest BCUT2D eigenvalue weighted by Gasteiger charge is -2.21. The summed E-state index contributed by atoms with van der Waals surface area (Å²) in [6, 6.07) is 9.24. The molecular formula is C23H23N7O. The zero-order chi connectivity index (χ0) is 21.8. The Labute approximate surface area is 180 Å². The highest BCUT2D eigenvalue weighted by atomic mass is 16.1. The van der Waals surface area contributed by atoms with Crippen molar-refractivity contribution in [2.45, 2.75) is 26.3 Å². The molecule has 8 heteroatoms. The molecule has 0 aliphatic rings. The van der Waals surface area contributed by atoms with Crippen molar-refractivity contribution in [3.63, 3.8) is 0 Å². The van der Waals surface area contributed by atoms with Crippen LogP contribution in [0, 0.1) is 0 Å². The molecule has 4 aromatic rings. The number of nitrogens with one attached hydrogen (secondary N) is 2. The number of benzene rings is 1. The number of carbonyl (C=O) groups is 1. The second-order valence-corrected chi connectivity index (χ2v) is 8.06. The van der Waals surface area contributed by atoms with Gasteiger partial charge in [-0.2, -0.15) is 0 Å². The van der Waals surface area contributed by atoms with Crippen molar-refractivity contribution in [3.8, 4) is 5.82 Å². The topological polar surface area (TPSA) is 97.6 Å². The summed E-state index contributed by atoms with van der Waals surface area (Å²) in [7, 11) is 0. The van der Waals surface area contributed by atoms with Crippen molar-refractivity contribution in [1.82, 2.24) is 24.5 Å². The molecule has 1 amide bonds. The molecule has 0 aliphatic carbocycles. The van der Waals surface area contributed by atoms with Crippen molar-refractivity contribution in [3.05, 3.63) is 73.1 Å². The normalized spacial score (nSPS) is 11.7. The van der Waals surface area contributed by atoms with E-state index in [0.29, 0.717) is 17.3 Å². The van der Waals surface area contributed by atoms with Gasteiger partial charge in [0.1, 0.15) is 12.1 Å². The highest BCUT2D eigenvalue weighted by molar-refractivity contribution is 6.02. The van der Waals surface area contributed by atoms with Crippen LogP contribution in [0.3, 0.4) is 0 Å². The monoisotopic (exact) mass is 413 g/mol. The van der Waals surface area contributed by atoms with E-state index in [1.165, 1.54) is 6.08 Å². The van der Waals surface area contributed by atoms with Gasteiger partial charge in [0, 0.05) is 29.7 Å². The van der Waals surface area contributed by atoms with Gasteiger partial charge in [0.2, 0.25) is 5.91 Å². The number of fused-ring (bicyclic) bond motifs is 1. The Morgan fingerprint density at radius 3 is 2.74 bits per heavy atom. The molecule has 0 atom stereocenters. The van der Waals surface area contributed by atoms with Gasteiger partial charge in [-0.15, -0.1) is 0 Å². The van der Waals surface area contributed by atoms with E-state index in [2.05, 4.69) is 51.3 Å². The summed E-state index contributed by atoms with van der Waals surface area (Å²) >= 11 is 0. The van der Waals surface area contributed by atoms with Crippen LogP contribution in [0.15, 0.2) is 67.5 Å². The average molecular weight is 413 g/mol. The van der Waals surface area contributed by atoms with Gasteiger partial charge in [-0.25, -0.2) is 9.97 Å². The average Bonchev–Trinajstić information content (AvgIpc) is 3.15. The number of imidazole rings is 1. The molecular weight excluding hydrogens is 390 g/mol. The molecule has 3 aromatic heterocycles. The van der Waals surface area contributed by atoms with Gasteiger partial charge in [-0.3, -0.25) is 19.3 Å². The third-order valence-electron chi connectivity index (χ3n) is 4.30. The molecule has 0 saturated carbocycles. The van der Waals surface area contributed by atoms with Crippen LogP contribution in [-0.2, 0) is 4.79 Å². The van der Waals surface area contributed by atoms with Crippen LogP contribution in [0.25, 0.3) is 22.9 Å². The SMILES string of the molecule is CC(C)(C)Nc1cncc(-n2cnc3ccc(NC(=O)/C=C\c4cccnc4)cc32)n1. The summed E-state index contributed by atoms with van der Waals surface area (Å²) in [5.74, 6) is 1.08. The van der Waals surface area contributed by atoms with Crippen LogP contribution in [0.1, 0.15) is 26.3 Å². The van der Waals surface area contributed by atoms with Crippen LogP contribution in [0.2, 0.25) is 0 Å². The van der Waals surface area contributed by atoms with Crippen LogP contribution in [0.5, 0.6) is 0 Å². The van der Waals surface area contributed by atoms with Crippen LogP contribution < -0.4 is 10.6 Å². The fourth-order valence-electron chi connectivity index (χ4n) is 3.01. The number of amides is 1.